The zero-order valence-electron chi connectivity index (χ0n) is 16.4. The van der Waals surface area contributed by atoms with Gasteiger partial charge in [-0.3, -0.25) is 4.79 Å². The summed E-state index contributed by atoms with van der Waals surface area (Å²) in [7, 11) is 0. The van der Waals surface area contributed by atoms with E-state index in [2.05, 4.69) is 52.3 Å². The van der Waals surface area contributed by atoms with Crippen molar-refractivity contribution < 1.29 is 4.79 Å². The SMILES string of the molecule is O=C(Cc1cccc2ccccc12)N1CCCC[C@@H]1CCN1CCCCC1. The largest absolute Gasteiger partial charge is 0.339 e. The molecule has 0 aromatic heterocycles. The van der Waals surface area contributed by atoms with Crippen molar-refractivity contribution in [3.8, 4) is 0 Å². The lowest BCUT2D eigenvalue weighted by Gasteiger charge is -2.37. The van der Waals surface area contributed by atoms with Crippen molar-refractivity contribution in [3.63, 3.8) is 0 Å². The Morgan fingerprint density at radius 3 is 2.56 bits per heavy atom. The van der Waals surface area contributed by atoms with Gasteiger partial charge in [-0.1, -0.05) is 48.9 Å². The summed E-state index contributed by atoms with van der Waals surface area (Å²) in [6, 6.07) is 15.2. The van der Waals surface area contributed by atoms with Gasteiger partial charge in [0.05, 0.1) is 6.42 Å². The Morgan fingerprint density at radius 1 is 0.889 bits per heavy atom. The van der Waals surface area contributed by atoms with Gasteiger partial charge in [0.1, 0.15) is 0 Å². The Morgan fingerprint density at radius 2 is 1.67 bits per heavy atom. The molecule has 0 unspecified atom stereocenters. The quantitative estimate of drug-likeness (QED) is 0.772. The molecule has 144 valence electrons. The zero-order valence-corrected chi connectivity index (χ0v) is 16.4. The van der Waals surface area contributed by atoms with Gasteiger partial charge in [0.2, 0.25) is 5.91 Å². The maximum atomic E-state index is 13.2. The number of carbonyl (C=O) groups is 1. The number of rotatable bonds is 5. The summed E-state index contributed by atoms with van der Waals surface area (Å²) in [5.74, 6) is 0.315. The van der Waals surface area contributed by atoms with Gasteiger partial charge in [-0.05, 0) is 68.0 Å². The molecule has 0 aliphatic carbocycles. The van der Waals surface area contributed by atoms with Gasteiger partial charge in [-0.25, -0.2) is 0 Å². The molecule has 27 heavy (non-hydrogen) atoms. The summed E-state index contributed by atoms with van der Waals surface area (Å²) >= 11 is 0. The molecule has 2 fully saturated rings. The average molecular weight is 365 g/mol. The van der Waals surface area contributed by atoms with Gasteiger partial charge in [0, 0.05) is 19.1 Å². The molecule has 0 bridgehead atoms. The minimum absolute atomic E-state index is 0.315. The summed E-state index contributed by atoms with van der Waals surface area (Å²) in [6.07, 6.45) is 9.33. The Labute approximate surface area is 163 Å². The lowest BCUT2D eigenvalue weighted by atomic mass is 9.96. The van der Waals surface area contributed by atoms with Gasteiger partial charge >= 0.3 is 0 Å². The fraction of sp³-hybridized carbons (Fsp3) is 0.542. The van der Waals surface area contributed by atoms with Crippen LogP contribution >= 0.6 is 0 Å². The Bertz CT molecular complexity index is 761. The summed E-state index contributed by atoms with van der Waals surface area (Å²) < 4.78 is 0. The minimum Gasteiger partial charge on any atom is -0.339 e. The molecule has 0 spiro atoms. The van der Waals surface area contributed by atoms with E-state index in [-0.39, 0.29) is 0 Å². The number of hydrogen-bond acceptors (Lipinski definition) is 2. The van der Waals surface area contributed by atoms with Crippen LogP contribution in [0.4, 0.5) is 0 Å². The summed E-state index contributed by atoms with van der Waals surface area (Å²) in [5.41, 5.74) is 1.17. The number of nitrogens with zero attached hydrogens (tertiary/aromatic N) is 2. The molecule has 0 N–H and O–H groups in total. The number of likely N-dealkylation sites (tertiary alicyclic amines) is 2. The predicted octanol–water partition coefficient (Wildman–Crippen LogP) is 4.64. The van der Waals surface area contributed by atoms with Crippen molar-refractivity contribution in [2.75, 3.05) is 26.2 Å². The van der Waals surface area contributed by atoms with Crippen LogP contribution in [0.25, 0.3) is 10.8 Å². The zero-order chi connectivity index (χ0) is 18.5. The maximum absolute atomic E-state index is 13.2. The first kappa shape index (κ1) is 18.5. The highest BCUT2D eigenvalue weighted by atomic mass is 16.2. The normalized spacial score (nSPS) is 21.5. The number of piperidine rings is 2. The molecule has 2 aliphatic heterocycles. The molecule has 1 atom stereocenters. The summed E-state index contributed by atoms with van der Waals surface area (Å²) in [5, 5.41) is 2.44. The van der Waals surface area contributed by atoms with E-state index in [4.69, 9.17) is 0 Å². The summed E-state index contributed by atoms with van der Waals surface area (Å²) in [4.78, 5) is 18.0. The molecule has 2 heterocycles. The van der Waals surface area contributed by atoms with Crippen molar-refractivity contribution in [3.05, 3.63) is 48.0 Å². The van der Waals surface area contributed by atoms with E-state index in [9.17, 15) is 4.79 Å². The van der Waals surface area contributed by atoms with E-state index in [0.29, 0.717) is 18.4 Å². The Hall–Kier alpha value is -1.87. The molecule has 3 nitrogen and oxygen atoms in total. The third-order valence-corrected chi connectivity index (χ3v) is 6.40. The molecular formula is C24H32N2O. The van der Waals surface area contributed by atoms with Crippen molar-refractivity contribution in [2.45, 2.75) is 57.4 Å². The second kappa shape index (κ2) is 8.88. The molecule has 1 amide bonds. The van der Waals surface area contributed by atoms with Gasteiger partial charge in [-0.2, -0.15) is 0 Å². The van der Waals surface area contributed by atoms with Crippen molar-refractivity contribution >= 4 is 16.7 Å². The van der Waals surface area contributed by atoms with E-state index in [1.807, 2.05) is 0 Å². The number of amides is 1. The van der Waals surface area contributed by atoms with Crippen LogP contribution in [0.1, 0.15) is 50.5 Å². The minimum atomic E-state index is 0.315. The van der Waals surface area contributed by atoms with Crippen LogP contribution in [0.3, 0.4) is 0 Å². The highest BCUT2D eigenvalue weighted by molar-refractivity contribution is 5.90. The highest BCUT2D eigenvalue weighted by Gasteiger charge is 2.27. The number of hydrogen-bond donors (Lipinski definition) is 0. The second-order valence-electron chi connectivity index (χ2n) is 8.24. The number of fused-ring (bicyclic) bond motifs is 1. The lowest BCUT2D eigenvalue weighted by molar-refractivity contribution is -0.134. The highest BCUT2D eigenvalue weighted by Crippen LogP contribution is 2.24. The molecular weight excluding hydrogens is 332 g/mol. The van der Waals surface area contributed by atoms with Crippen LogP contribution in [-0.2, 0) is 11.2 Å². The van der Waals surface area contributed by atoms with E-state index in [0.717, 1.165) is 25.9 Å². The van der Waals surface area contributed by atoms with E-state index >= 15 is 0 Å². The summed E-state index contributed by atoms with van der Waals surface area (Å²) in [6.45, 7) is 4.59. The van der Waals surface area contributed by atoms with Crippen molar-refractivity contribution in [2.24, 2.45) is 0 Å². The smallest absolute Gasteiger partial charge is 0.227 e. The molecule has 0 radical (unpaired) electrons. The van der Waals surface area contributed by atoms with Crippen LogP contribution in [0, 0.1) is 0 Å². The van der Waals surface area contributed by atoms with Crippen molar-refractivity contribution in [1.29, 1.82) is 0 Å². The third kappa shape index (κ3) is 4.52. The van der Waals surface area contributed by atoms with E-state index in [1.165, 1.54) is 61.5 Å². The molecule has 2 saturated heterocycles. The first-order valence-electron chi connectivity index (χ1n) is 10.8. The van der Waals surface area contributed by atoms with Crippen LogP contribution in [0.2, 0.25) is 0 Å². The Balaban J connectivity index is 1.42. The number of benzene rings is 2. The van der Waals surface area contributed by atoms with E-state index in [1.54, 1.807) is 0 Å². The van der Waals surface area contributed by atoms with Gasteiger partial charge in [0.15, 0.2) is 0 Å². The average Bonchev–Trinajstić information content (AvgIpc) is 2.73. The second-order valence-corrected chi connectivity index (χ2v) is 8.24. The van der Waals surface area contributed by atoms with Gasteiger partial charge in [0.25, 0.3) is 0 Å². The first-order valence-corrected chi connectivity index (χ1v) is 10.8. The van der Waals surface area contributed by atoms with Crippen LogP contribution in [0.15, 0.2) is 42.5 Å². The molecule has 0 saturated carbocycles. The molecule has 3 heteroatoms. The fourth-order valence-electron chi connectivity index (χ4n) is 4.85. The topological polar surface area (TPSA) is 23.6 Å². The maximum Gasteiger partial charge on any atom is 0.227 e. The number of carbonyl (C=O) groups excluding carboxylic acids is 1. The molecule has 2 aromatic rings. The monoisotopic (exact) mass is 364 g/mol. The molecule has 2 aromatic carbocycles. The molecule has 4 rings (SSSR count). The van der Waals surface area contributed by atoms with Crippen LogP contribution < -0.4 is 0 Å². The van der Waals surface area contributed by atoms with Crippen LogP contribution in [-0.4, -0.2) is 47.9 Å². The lowest BCUT2D eigenvalue weighted by Crippen LogP contribution is -2.46. The van der Waals surface area contributed by atoms with Crippen LogP contribution in [0.5, 0.6) is 0 Å². The first-order chi connectivity index (χ1) is 13.3. The Kier molecular flexibility index (Phi) is 6.08. The van der Waals surface area contributed by atoms with Gasteiger partial charge < -0.3 is 9.80 Å². The van der Waals surface area contributed by atoms with Gasteiger partial charge in [-0.15, -0.1) is 0 Å². The van der Waals surface area contributed by atoms with E-state index < -0.39 is 0 Å². The standard InChI is InChI=1S/C24H32N2O/c27-24(19-21-11-8-10-20-9-2-3-13-23(20)21)26-17-7-4-12-22(26)14-18-25-15-5-1-6-16-25/h2-3,8-11,13,22H,1,4-7,12,14-19H2/t22-/m1/s1. The fourth-order valence-corrected chi connectivity index (χ4v) is 4.85. The predicted molar refractivity (Wildman–Crippen MR) is 112 cm³/mol. The third-order valence-electron chi connectivity index (χ3n) is 6.40. The van der Waals surface area contributed by atoms with Crippen molar-refractivity contribution in [1.82, 2.24) is 9.80 Å². The molecule has 2 aliphatic rings.